The molecular weight excluding hydrogens is 336 g/mol. The molecule has 0 unspecified atom stereocenters. The first-order chi connectivity index (χ1) is 11.9. The van der Waals surface area contributed by atoms with Gasteiger partial charge in [0.15, 0.2) is 5.96 Å². The zero-order chi connectivity index (χ0) is 18.3. The average molecular weight is 360 g/mol. The third kappa shape index (κ3) is 5.30. The van der Waals surface area contributed by atoms with E-state index in [0.717, 1.165) is 5.56 Å². The summed E-state index contributed by atoms with van der Waals surface area (Å²) in [6, 6.07) is 16.9. The Morgan fingerprint density at radius 2 is 1.44 bits per heavy atom. The summed E-state index contributed by atoms with van der Waals surface area (Å²) in [7, 11) is 1.37. The van der Waals surface area contributed by atoms with Crippen LogP contribution in [0.4, 0.5) is 0 Å². The van der Waals surface area contributed by atoms with Gasteiger partial charge in [-0.05, 0) is 23.3 Å². The lowest BCUT2D eigenvalue weighted by Crippen LogP contribution is -2.36. The Morgan fingerprint density at radius 3 is 1.92 bits per heavy atom. The number of guanidine groups is 1. The summed E-state index contributed by atoms with van der Waals surface area (Å²) >= 11 is 0. The predicted molar refractivity (Wildman–Crippen MR) is 101 cm³/mol. The minimum atomic E-state index is -3.39. The van der Waals surface area contributed by atoms with Crippen LogP contribution in [-0.4, -0.2) is 39.8 Å². The Bertz CT molecular complexity index is 801. The molecule has 0 fully saturated rings. The highest BCUT2D eigenvalue weighted by Crippen LogP contribution is 2.13. The van der Waals surface area contributed by atoms with Crippen molar-refractivity contribution in [3.05, 3.63) is 65.7 Å². The monoisotopic (exact) mass is 360 g/mol. The molecule has 0 saturated heterocycles. The van der Waals surface area contributed by atoms with Crippen LogP contribution in [0, 0.1) is 0 Å². The number of nitrogens with zero attached hydrogens (tertiary/aromatic N) is 2. The van der Waals surface area contributed by atoms with Gasteiger partial charge in [0, 0.05) is 34.2 Å². The number of aliphatic imine (C=N–C) groups is 1. The van der Waals surface area contributed by atoms with Gasteiger partial charge in [-0.3, -0.25) is 4.99 Å². The lowest BCUT2D eigenvalue weighted by molar-refractivity contribution is 0.520. The minimum absolute atomic E-state index is 0.285. The lowest BCUT2D eigenvalue weighted by atomic mass is 10.2. The van der Waals surface area contributed by atoms with Crippen molar-refractivity contribution < 1.29 is 8.42 Å². The molecule has 2 aromatic rings. The van der Waals surface area contributed by atoms with E-state index in [1.807, 2.05) is 30.3 Å². The van der Waals surface area contributed by atoms with Crippen LogP contribution in [0.15, 0.2) is 64.5 Å². The van der Waals surface area contributed by atoms with Crippen molar-refractivity contribution in [1.29, 1.82) is 0 Å². The molecule has 0 bridgehead atoms. The Balaban J connectivity index is 1.91. The molecule has 6 nitrogen and oxygen atoms in total. The van der Waals surface area contributed by atoms with E-state index in [1.54, 1.807) is 31.3 Å². The second-order valence-corrected chi connectivity index (χ2v) is 7.85. The maximum Gasteiger partial charge on any atom is 0.242 e. The Hall–Kier alpha value is -2.38. The standard InChI is InChI=1S/C18H24N4O2S/c1-19-18(20-13-15-7-5-4-6-8-15)21-14-16-9-11-17(12-10-16)25(23,24)22(2)3/h4-12H,13-14H2,1-3H3,(H2,19,20,21). The molecule has 2 aromatic carbocycles. The van der Waals surface area contributed by atoms with Gasteiger partial charge in [-0.15, -0.1) is 0 Å². The maximum atomic E-state index is 12.1. The topological polar surface area (TPSA) is 73.8 Å². The van der Waals surface area contributed by atoms with E-state index in [1.165, 1.54) is 24.0 Å². The Labute approximate surface area is 149 Å². The number of benzene rings is 2. The van der Waals surface area contributed by atoms with Crippen LogP contribution >= 0.6 is 0 Å². The van der Waals surface area contributed by atoms with Gasteiger partial charge in [-0.1, -0.05) is 42.5 Å². The van der Waals surface area contributed by atoms with Gasteiger partial charge in [0.2, 0.25) is 10.0 Å². The van der Waals surface area contributed by atoms with E-state index in [4.69, 9.17) is 0 Å². The molecule has 2 N–H and O–H groups in total. The summed E-state index contributed by atoms with van der Waals surface area (Å²) in [6.07, 6.45) is 0. The van der Waals surface area contributed by atoms with Crippen molar-refractivity contribution in [2.45, 2.75) is 18.0 Å². The summed E-state index contributed by atoms with van der Waals surface area (Å²) in [4.78, 5) is 4.48. The summed E-state index contributed by atoms with van der Waals surface area (Å²) in [6.45, 7) is 1.23. The number of hydrogen-bond donors (Lipinski definition) is 2. The van der Waals surface area contributed by atoms with Gasteiger partial charge in [0.1, 0.15) is 0 Å². The summed E-state index contributed by atoms with van der Waals surface area (Å²) in [5, 5.41) is 6.46. The average Bonchev–Trinajstić information content (AvgIpc) is 2.63. The highest BCUT2D eigenvalue weighted by Gasteiger charge is 2.16. The van der Waals surface area contributed by atoms with Crippen molar-refractivity contribution in [3.8, 4) is 0 Å². The van der Waals surface area contributed by atoms with Gasteiger partial charge in [0.25, 0.3) is 0 Å². The van der Waals surface area contributed by atoms with Gasteiger partial charge in [0.05, 0.1) is 4.90 Å². The molecule has 0 aliphatic carbocycles. The van der Waals surface area contributed by atoms with E-state index < -0.39 is 10.0 Å². The molecule has 134 valence electrons. The van der Waals surface area contributed by atoms with Crippen molar-refractivity contribution in [1.82, 2.24) is 14.9 Å². The van der Waals surface area contributed by atoms with Crippen LogP contribution < -0.4 is 10.6 Å². The molecule has 7 heteroatoms. The van der Waals surface area contributed by atoms with Gasteiger partial charge in [-0.2, -0.15) is 0 Å². The fraction of sp³-hybridized carbons (Fsp3) is 0.278. The van der Waals surface area contributed by atoms with E-state index >= 15 is 0 Å². The zero-order valence-electron chi connectivity index (χ0n) is 14.7. The minimum Gasteiger partial charge on any atom is -0.352 e. The van der Waals surface area contributed by atoms with Crippen LogP contribution in [0.5, 0.6) is 0 Å². The highest BCUT2D eigenvalue weighted by atomic mass is 32.2. The van der Waals surface area contributed by atoms with Crippen molar-refractivity contribution in [3.63, 3.8) is 0 Å². The molecular formula is C18H24N4O2S. The van der Waals surface area contributed by atoms with Crippen LogP contribution in [0.2, 0.25) is 0 Å². The summed E-state index contributed by atoms with van der Waals surface area (Å²) < 4.78 is 25.3. The first-order valence-corrected chi connectivity index (χ1v) is 9.37. The van der Waals surface area contributed by atoms with Crippen molar-refractivity contribution >= 4 is 16.0 Å². The number of nitrogens with one attached hydrogen (secondary N) is 2. The molecule has 0 atom stereocenters. The molecule has 0 heterocycles. The summed E-state index contributed by atoms with van der Waals surface area (Å²) in [5.74, 6) is 0.689. The molecule has 0 radical (unpaired) electrons. The smallest absolute Gasteiger partial charge is 0.242 e. The highest BCUT2D eigenvalue weighted by molar-refractivity contribution is 7.89. The Kier molecular flexibility index (Phi) is 6.55. The van der Waals surface area contributed by atoms with Crippen LogP contribution in [0.1, 0.15) is 11.1 Å². The van der Waals surface area contributed by atoms with E-state index in [9.17, 15) is 8.42 Å². The summed E-state index contributed by atoms with van der Waals surface area (Å²) in [5.41, 5.74) is 2.14. The van der Waals surface area contributed by atoms with Crippen molar-refractivity contribution in [2.75, 3.05) is 21.1 Å². The predicted octanol–water partition coefficient (Wildman–Crippen LogP) is 1.80. The second kappa shape index (κ2) is 8.64. The second-order valence-electron chi connectivity index (χ2n) is 5.70. The number of sulfonamides is 1. The normalized spacial score (nSPS) is 12.2. The zero-order valence-corrected chi connectivity index (χ0v) is 15.5. The first kappa shape index (κ1) is 19.0. The SMILES string of the molecule is CN=C(NCc1ccccc1)NCc1ccc(S(=O)(=O)N(C)C)cc1. The third-order valence-electron chi connectivity index (χ3n) is 3.69. The molecule has 25 heavy (non-hydrogen) atoms. The van der Waals surface area contributed by atoms with Gasteiger partial charge < -0.3 is 10.6 Å². The fourth-order valence-corrected chi connectivity index (χ4v) is 3.08. The largest absolute Gasteiger partial charge is 0.352 e. The van der Waals surface area contributed by atoms with Crippen LogP contribution in [0.25, 0.3) is 0 Å². The van der Waals surface area contributed by atoms with E-state index in [-0.39, 0.29) is 4.90 Å². The molecule has 0 saturated carbocycles. The number of hydrogen-bond acceptors (Lipinski definition) is 3. The van der Waals surface area contributed by atoms with E-state index in [0.29, 0.717) is 19.0 Å². The quantitative estimate of drug-likeness (QED) is 0.609. The molecule has 0 aromatic heterocycles. The van der Waals surface area contributed by atoms with Gasteiger partial charge in [-0.25, -0.2) is 12.7 Å². The molecule has 0 amide bonds. The molecule has 0 spiro atoms. The molecule has 2 rings (SSSR count). The lowest BCUT2D eigenvalue weighted by Gasteiger charge is -2.13. The molecule has 0 aliphatic heterocycles. The Morgan fingerprint density at radius 1 is 0.920 bits per heavy atom. The van der Waals surface area contributed by atoms with Gasteiger partial charge >= 0.3 is 0 Å². The van der Waals surface area contributed by atoms with Crippen molar-refractivity contribution in [2.24, 2.45) is 4.99 Å². The maximum absolute atomic E-state index is 12.1. The van der Waals surface area contributed by atoms with Crippen LogP contribution in [0.3, 0.4) is 0 Å². The third-order valence-corrected chi connectivity index (χ3v) is 5.52. The fourth-order valence-electron chi connectivity index (χ4n) is 2.18. The van der Waals surface area contributed by atoms with E-state index in [2.05, 4.69) is 15.6 Å². The van der Waals surface area contributed by atoms with Crippen LogP contribution in [-0.2, 0) is 23.1 Å². The first-order valence-electron chi connectivity index (χ1n) is 7.93. The number of rotatable bonds is 6. The molecule has 0 aliphatic rings.